The van der Waals surface area contributed by atoms with Crippen molar-refractivity contribution in [3.63, 3.8) is 0 Å². The van der Waals surface area contributed by atoms with Gasteiger partial charge in [0, 0.05) is 11.6 Å². The highest BCUT2D eigenvalue weighted by Gasteiger charge is 2.18. The molecule has 0 spiro atoms. The molecule has 0 aliphatic heterocycles. The van der Waals surface area contributed by atoms with Crippen molar-refractivity contribution < 1.29 is 29.6 Å². The predicted octanol–water partition coefficient (Wildman–Crippen LogP) is 2.29. The summed E-state index contributed by atoms with van der Waals surface area (Å²) in [4.78, 5) is 12.3. The Bertz CT molecular complexity index is 972. The molecule has 0 fully saturated rings. The molecule has 7 nitrogen and oxygen atoms in total. The number of phenols is 3. The molecule has 0 saturated carbocycles. The average molecular weight is 316 g/mol. The van der Waals surface area contributed by atoms with E-state index >= 15 is 0 Å². The smallest absolute Gasteiger partial charge is 0.235 e. The van der Waals surface area contributed by atoms with Crippen molar-refractivity contribution in [1.29, 1.82) is 0 Å². The zero-order chi connectivity index (χ0) is 16.7. The van der Waals surface area contributed by atoms with Gasteiger partial charge >= 0.3 is 0 Å². The summed E-state index contributed by atoms with van der Waals surface area (Å²) in [7, 11) is 1.35. The summed E-state index contributed by atoms with van der Waals surface area (Å²) >= 11 is 0. The molecule has 3 aromatic rings. The first kappa shape index (κ1) is 14.6. The maximum atomic E-state index is 12.3. The van der Waals surface area contributed by atoms with Crippen LogP contribution in [0.5, 0.6) is 28.7 Å². The highest BCUT2D eigenvalue weighted by molar-refractivity contribution is 5.85. The van der Waals surface area contributed by atoms with Crippen molar-refractivity contribution in [1.82, 2.24) is 0 Å². The number of hydrogen-bond acceptors (Lipinski definition) is 7. The van der Waals surface area contributed by atoms with Crippen LogP contribution >= 0.6 is 0 Å². The van der Waals surface area contributed by atoms with Crippen LogP contribution in [0.3, 0.4) is 0 Å². The SMILES string of the molecule is COc1cc2oc(-c3ccc(O)c(O)c3)c(O)c(=O)c2cc1O. The second kappa shape index (κ2) is 5.13. The number of ether oxygens (including phenoxy) is 1. The number of methoxy groups -OCH3 is 1. The Morgan fingerprint density at radius 2 is 1.70 bits per heavy atom. The molecule has 0 aliphatic rings. The first-order valence-corrected chi connectivity index (χ1v) is 6.51. The van der Waals surface area contributed by atoms with Gasteiger partial charge < -0.3 is 29.6 Å². The zero-order valence-corrected chi connectivity index (χ0v) is 11.9. The Morgan fingerprint density at radius 1 is 0.957 bits per heavy atom. The molecule has 0 atom stereocenters. The lowest BCUT2D eigenvalue weighted by molar-refractivity contribution is 0.373. The molecule has 0 bridgehead atoms. The second-order valence-corrected chi connectivity index (χ2v) is 4.83. The van der Waals surface area contributed by atoms with Gasteiger partial charge in [-0.3, -0.25) is 4.79 Å². The lowest BCUT2D eigenvalue weighted by atomic mass is 10.1. The van der Waals surface area contributed by atoms with E-state index in [-0.39, 0.29) is 39.5 Å². The Kier molecular flexibility index (Phi) is 3.25. The third-order valence-electron chi connectivity index (χ3n) is 3.41. The van der Waals surface area contributed by atoms with Crippen LogP contribution in [0.4, 0.5) is 0 Å². The molecule has 3 rings (SSSR count). The van der Waals surface area contributed by atoms with E-state index in [1.807, 2.05) is 0 Å². The van der Waals surface area contributed by atoms with Gasteiger partial charge in [-0.05, 0) is 24.3 Å². The number of aromatic hydroxyl groups is 4. The average Bonchev–Trinajstić information content (AvgIpc) is 2.53. The van der Waals surface area contributed by atoms with E-state index in [1.165, 1.54) is 25.3 Å². The van der Waals surface area contributed by atoms with Gasteiger partial charge in [0.15, 0.2) is 28.8 Å². The summed E-state index contributed by atoms with van der Waals surface area (Å²) in [5.74, 6) is -1.78. The molecule has 0 aliphatic carbocycles. The standard InChI is InChI=1S/C16H12O7/c1-22-13-6-12-8(5-11(13)19)14(20)15(21)16(23-12)7-2-3-9(17)10(18)4-7/h2-6,17-19,21H,1H3. The Morgan fingerprint density at radius 3 is 2.35 bits per heavy atom. The van der Waals surface area contributed by atoms with Gasteiger partial charge in [0.25, 0.3) is 0 Å². The van der Waals surface area contributed by atoms with Crippen LogP contribution in [0.25, 0.3) is 22.3 Å². The third-order valence-corrected chi connectivity index (χ3v) is 3.41. The summed E-state index contributed by atoms with van der Waals surface area (Å²) in [5, 5.41) is 38.7. The fraction of sp³-hybridized carbons (Fsp3) is 0.0625. The normalized spacial score (nSPS) is 10.8. The third kappa shape index (κ3) is 2.28. The quantitative estimate of drug-likeness (QED) is 0.535. The van der Waals surface area contributed by atoms with E-state index in [9.17, 15) is 25.2 Å². The largest absolute Gasteiger partial charge is 0.504 e. The van der Waals surface area contributed by atoms with Crippen molar-refractivity contribution >= 4 is 11.0 Å². The summed E-state index contributed by atoms with van der Waals surface area (Å²) in [6.07, 6.45) is 0. The van der Waals surface area contributed by atoms with E-state index in [0.717, 1.165) is 12.1 Å². The van der Waals surface area contributed by atoms with Gasteiger partial charge in [-0.1, -0.05) is 0 Å². The molecule has 1 aromatic heterocycles. The van der Waals surface area contributed by atoms with Gasteiger partial charge in [0.05, 0.1) is 12.5 Å². The van der Waals surface area contributed by atoms with Crippen LogP contribution in [0.15, 0.2) is 39.5 Å². The van der Waals surface area contributed by atoms with E-state index < -0.39 is 16.9 Å². The summed E-state index contributed by atoms with van der Waals surface area (Å²) in [6, 6.07) is 6.17. The number of fused-ring (bicyclic) bond motifs is 1. The summed E-state index contributed by atoms with van der Waals surface area (Å²) in [5.41, 5.74) is -0.458. The highest BCUT2D eigenvalue weighted by atomic mass is 16.5. The van der Waals surface area contributed by atoms with Gasteiger partial charge in [0.2, 0.25) is 11.2 Å². The molecular weight excluding hydrogens is 304 g/mol. The van der Waals surface area contributed by atoms with E-state index in [4.69, 9.17) is 9.15 Å². The molecule has 0 amide bonds. The first-order valence-electron chi connectivity index (χ1n) is 6.51. The molecule has 1 heterocycles. The Labute approximate surface area is 129 Å². The predicted molar refractivity (Wildman–Crippen MR) is 81.1 cm³/mol. The molecular formula is C16H12O7. The monoisotopic (exact) mass is 316 g/mol. The molecule has 0 radical (unpaired) electrons. The van der Waals surface area contributed by atoms with Crippen LogP contribution in [-0.4, -0.2) is 27.5 Å². The molecule has 0 saturated heterocycles. The molecule has 23 heavy (non-hydrogen) atoms. The van der Waals surface area contributed by atoms with E-state index in [1.54, 1.807) is 0 Å². The molecule has 4 N–H and O–H groups in total. The van der Waals surface area contributed by atoms with Crippen molar-refractivity contribution in [2.45, 2.75) is 0 Å². The number of hydrogen-bond donors (Lipinski definition) is 4. The van der Waals surface area contributed by atoms with Crippen LogP contribution < -0.4 is 10.2 Å². The van der Waals surface area contributed by atoms with Crippen molar-refractivity contribution in [3.05, 3.63) is 40.6 Å². The van der Waals surface area contributed by atoms with E-state index in [2.05, 4.69) is 0 Å². The van der Waals surface area contributed by atoms with Gasteiger partial charge in [-0.25, -0.2) is 0 Å². The number of benzene rings is 2. The summed E-state index contributed by atoms with van der Waals surface area (Å²) in [6.45, 7) is 0. The topological polar surface area (TPSA) is 120 Å². The van der Waals surface area contributed by atoms with Crippen LogP contribution in [-0.2, 0) is 0 Å². The van der Waals surface area contributed by atoms with Crippen molar-refractivity contribution in [2.24, 2.45) is 0 Å². The molecule has 118 valence electrons. The van der Waals surface area contributed by atoms with Crippen LogP contribution in [0, 0.1) is 0 Å². The minimum atomic E-state index is -0.744. The van der Waals surface area contributed by atoms with Crippen LogP contribution in [0.2, 0.25) is 0 Å². The lowest BCUT2D eigenvalue weighted by Gasteiger charge is -2.09. The fourth-order valence-corrected chi connectivity index (χ4v) is 2.22. The molecule has 2 aromatic carbocycles. The Hall–Kier alpha value is -3.35. The van der Waals surface area contributed by atoms with Crippen molar-refractivity contribution in [2.75, 3.05) is 7.11 Å². The van der Waals surface area contributed by atoms with Gasteiger partial charge in [-0.15, -0.1) is 0 Å². The fourth-order valence-electron chi connectivity index (χ4n) is 2.22. The second-order valence-electron chi connectivity index (χ2n) is 4.83. The maximum absolute atomic E-state index is 12.3. The lowest BCUT2D eigenvalue weighted by Crippen LogP contribution is -2.03. The highest BCUT2D eigenvalue weighted by Crippen LogP contribution is 2.37. The zero-order valence-electron chi connectivity index (χ0n) is 11.9. The molecule has 0 unspecified atom stereocenters. The van der Waals surface area contributed by atoms with E-state index in [0.29, 0.717) is 0 Å². The molecule has 7 heteroatoms. The number of rotatable bonds is 2. The minimum Gasteiger partial charge on any atom is -0.504 e. The first-order chi connectivity index (χ1) is 10.9. The van der Waals surface area contributed by atoms with Gasteiger partial charge in [-0.2, -0.15) is 0 Å². The van der Waals surface area contributed by atoms with Crippen LogP contribution in [0.1, 0.15) is 0 Å². The minimum absolute atomic E-state index is 0.0208. The maximum Gasteiger partial charge on any atom is 0.235 e. The summed E-state index contributed by atoms with van der Waals surface area (Å²) < 4.78 is 10.5. The number of phenolic OH excluding ortho intramolecular Hbond substituents is 3. The van der Waals surface area contributed by atoms with Crippen molar-refractivity contribution in [3.8, 4) is 40.1 Å². The van der Waals surface area contributed by atoms with Gasteiger partial charge in [0.1, 0.15) is 5.58 Å². The Balaban J connectivity index is 2.33.